The van der Waals surface area contributed by atoms with Gasteiger partial charge in [0.25, 0.3) is 0 Å². The van der Waals surface area contributed by atoms with Gasteiger partial charge in [0.05, 0.1) is 25.3 Å². The molecule has 4 rings (SSSR count). The lowest BCUT2D eigenvalue weighted by Crippen LogP contribution is -2.13. The summed E-state index contributed by atoms with van der Waals surface area (Å²) in [6.45, 7) is 5.75. The standard InChI is InChI=1S/C16H18O2.C13H15IO2/c1-4-6-13-10-14(16(17)18-3)11(2)9-15(13)12-7-5-8-12;1-8-6-11(9-4-3-5-9)12(14)7-10(8)13(15)16-2/h9-10,12H,5,7-8H2,1-3H3;6-7,9H,3-5H2,1-2H3. The van der Waals surface area contributed by atoms with Crippen LogP contribution in [0, 0.1) is 29.3 Å². The molecule has 0 heterocycles. The summed E-state index contributed by atoms with van der Waals surface area (Å²) in [4.78, 5) is 23.2. The number of esters is 2. The number of ether oxygens (including phenoxy) is 2. The molecule has 34 heavy (non-hydrogen) atoms. The molecule has 180 valence electrons. The van der Waals surface area contributed by atoms with E-state index in [1.54, 1.807) is 0 Å². The Kier molecular flexibility index (Phi) is 9.18. The zero-order valence-electron chi connectivity index (χ0n) is 20.7. The molecule has 2 aliphatic carbocycles. The molecule has 0 spiro atoms. The maximum absolute atomic E-state index is 11.7. The summed E-state index contributed by atoms with van der Waals surface area (Å²) in [6, 6.07) is 8.09. The van der Waals surface area contributed by atoms with Gasteiger partial charge in [-0.2, -0.15) is 0 Å². The fourth-order valence-electron chi connectivity index (χ4n) is 4.43. The van der Waals surface area contributed by atoms with Crippen LogP contribution < -0.4 is 0 Å². The highest BCUT2D eigenvalue weighted by Gasteiger charge is 2.24. The van der Waals surface area contributed by atoms with Crippen molar-refractivity contribution in [2.24, 2.45) is 0 Å². The number of carbonyl (C=O) groups excluding carboxylic acids is 2. The first-order valence-electron chi connectivity index (χ1n) is 11.8. The second-order valence-corrected chi connectivity index (χ2v) is 10.2. The van der Waals surface area contributed by atoms with E-state index < -0.39 is 0 Å². The maximum atomic E-state index is 11.7. The molecule has 0 aromatic heterocycles. The van der Waals surface area contributed by atoms with E-state index in [1.165, 1.54) is 67.4 Å². The average molecular weight is 572 g/mol. The Hall–Kier alpha value is -2.33. The molecule has 0 atom stereocenters. The highest BCUT2D eigenvalue weighted by atomic mass is 127. The number of hydrogen-bond acceptors (Lipinski definition) is 4. The number of aryl methyl sites for hydroxylation is 2. The minimum absolute atomic E-state index is 0.240. The van der Waals surface area contributed by atoms with Crippen LogP contribution in [-0.2, 0) is 9.47 Å². The van der Waals surface area contributed by atoms with Gasteiger partial charge in [0.15, 0.2) is 0 Å². The zero-order chi connectivity index (χ0) is 24.8. The van der Waals surface area contributed by atoms with E-state index in [-0.39, 0.29) is 11.9 Å². The summed E-state index contributed by atoms with van der Waals surface area (Å²) in [5.74, 6) is 6.84. The zero-order valence-corrected chi connectivity index (χ0v) is 22.9. The SMILES string of the molecule is CC#Cc1cc(C(=O)OC)c(C)cc1C1CCC1.COC(=O)c1cc(I)c(C2CCC2)cc1C. The molecule has 0 saturated heterocycles. The fourth-order valence-corrected chi connectivity index (χ4v) is 5.33. The van der Waals surface area contributed by atoms with Crippen molar-refractivity contribution < 1.29 is 19.1 Å². The third-order valence-electron chi connectivity index (χ3n) is 6.90. The van der Waals surface area contributed by atoms with Gasteiger partial charge in [-0.3, -0.25) is 0 Å². The minimum Gasteiger partial charge on any atom is -0.465 e. The van der Waals surface area contributed by atoms with Crippen LogP contribution in [0.15, 0.2) is 24.3 Å². The molecule has 0 unspecified atom stereocenters. The summed E-state index contributed by atoms with van der Waals surface area (Å²) < 4.78 is 10.8. The van der Waals surface area contributed by atoms with E-state index in [0.717, 1.165) is 16.7 Å². The first kappa shape index (κ1) is 26.3. The van der Waals surface area contributed by atoms with Crippen LogP contribution >= 0.6 is 22.6 Å². The first-order valence-corrected chi connectivity index (χ1v) is 12.9. The molecule has 0 aliphatic heterocycles. The molecular weight excluding hydrogens is 539 g/mol. The first-order chi connectivity index (χ1) is 16.3. The molecule has 2 aromatic carbocycles. The van der Waals surface area contributed by atoms with Crippen LogP contribution in [0.5, 0.6) is 0 Å². The number of halogens is 1. The monoisotopic (exact) mass is 572 g/mol. The van der Waals surface area contributed by atoms with Gasteiger partial charge in [0, 0.05) is 9.13 Å². The Morgan fingerprint density at radius 1 is 0.824 bits per heavy atom. The second kappa shape index (κ2) is 11.9. The highest BCUT2D eigenvalue weighted by molar-refractivity contribution is 14.1. The van der Waals surface area contributed by atoms with Gasteiger partial charge in [-0.25, -0.2) is 9.59 Å². The lowest BCUT2D eigenvalue weighted by molar-refractivity contribution is 0.0591. The number of hydrogen-bond donors (Lipinski definition) is 0. The minimum atomic E-state index is -0.285. The molecule has 5 heteroatoms. The van der Waals surface area contributed by atoms with E-state index in [4.69, 9.17) is 9.47 Å². The predicted molar refractivity (Wildman–Crippen MR) is 143 cm³/mol. The van der Waals surface area contributed by atoms with Gasteiger partial charge < -0.3 is 9.47 Å². The third-order valence-corrected chi connectivity index (χ3v) is 7.83. The topological polar surface area (TPSA) is 52.6 Å². The van der Waals surface area contributed by atoms with Crippen LogP contribution in [0.4, 0.5) is 0 Å². The summed E-state index contributed by atoms with van der Waals surface area (Å²) in [5, 5.41) is 0. The van der Waals surface area contributed by atoms with Crippen molar-refractivity contribution in [2.75, 3.05) is 14.2 Å². The largest absolute Gasteiger partial charge is 0.465 e. The average Bonchev–Trinajstić information content (AvgIpc) is 2.75. The summed E-state index contributed by atoms with van der Waals surface area (Å²) in [5.41, 5.74) is 6.99. The van der Waals surface area contributed by atoms with E-state index in [1.807, 2.05) is 32.9 Å². The number of methoxy groups -OCH3 is 2. The summed E-state index contributed by atoms with van der Waals surface area (Å²) in [6.07, 6.45) is 7.66. The van der Waals surface area contributed by atoms with Crippen LogP contribution in [0.2, 0.25) is 0 Å². The van der Waals surface area contributed by atoms with Crippen molar-refractivity contribution >= 4 is 34.5 Å². The van der Waals surface area contributed by atoms with Crippen molar-refractivity contribution in [3.8, 4) is 11.8 Å². The Bertz CT molecular complexity index is 1130. The third kappa shape index (κ3) is 5.83. The Labute approximate surface area is 216 Å². The lowest BCUT2D eigenvalue weighted by atomic mass is 9.77. The number of rotatable bonds is 4. The van der Waals surface area contributed by atoms with E-state index in [0.29, 0.717) is 23.0 Å². The van der Waals surface area contributed by atoms with Crippen molar-refractivity contribution in [3.63, 3.8) is 0 Å². The van der Waals surface area contributed by atoms with Crippen molar-refractivity contribution in [1.82, 2.24) is 0 Å². The molecular formula is C29H33IO4. The Morgan fingerprint density at radius 2 is 1.29 bits per heavy atom. The maximum Gasteiger partial charge on any atom is 0.338 e. The van der Waals surface area contributed by atoms with Gasteiger partial charge in [-0.15, -0.1) is 5.92 Å². The molecule has 2 saturated carbocycles. The second-order valence-electron chi connectivity index (χ2n) is 9.06. The smallest absolute Gasteiger partial charge is 0.338 e. The van der Waals surface area contributed by atoms with Gasteiger partial charge in [-0.05, 0) is 115 Å². The van der Waals surface area contributed by atoms with Gasteiger partial charge in [0.1, 0.15) is 0 Å². The molecule has 2 aliphatic rings. The van der Waals surface area contributed by atoms with Crippen LogP contribution in [0.3, 0.4) is 0 Å². The Balaban J connectivity index is 0.000000192. The van der Waals surface area contributed by atoms with Crippen molar-refractivity contribution in [1.29, 1.82) is 0 Å². The van der Waals surface area contributed by atoms with Crippen molar-refractivity contribution in [3.05, 3.63) is 66.8 Å². The fraction of sp³-hybridized carbons (Fsp3) is 0.448. The number of carbonyl (C=O) groups is 2. The summed E-state index contributed by atoms with van der Waals surface area (Å²) in [7, 11) is 2.83. The van der Waals surface area contributed by atoms with Crippen LogP contribution in [0.1, 0.15) is 106 Å². The van der Waals surface area contributed by atoms with Gasteiger partial charge in [-0.1, -0.05) is 30.9 Å². The quantitative estimate of drug-likeness (QED) is 0.223. The molecule has 4 nitrogen and oxygen atoms in total. The molecule has 0 radical (unpaired) electrons. The van der Waals surface area contributed by atoms with E-state index >= 15 is 0 Å². The Morgan fingerprint density at radius 3 is 1.74 bits per heavy atom. The normalized spacial score (nSPS) is 15.0. The van der Waals surface area contributed by atoms with Crippen molar-refractivity contribution in [2.45, 2.75) is 71.1 Å². The predicted octanol–water partition coefficient (Wildman–Crippen LogP) is 7.07. The van der Waals surface area contributed by atoms with E-state index in [9.17, 15) is 9.59 Å². The lowest BCUT2D eigenvalue weighted by Gasteiger charge is -2.27. The number of benzene rings is 2. The molecule has 2 fully saturated rings. The van der Waals surface area contributed by atoms with Crippen LogP contribution in [0.25, 0.3) is 0 Å². The molecule has 0 N–H and O–H groups in total. The van der Waals surface area contributed by atoms with E-state index in [2.05, 4.69) is 46.6 Å². The molecule has 0 amide bonds. The molecule has 2 aromatic rings. The molecule has 0 bridgehead atoms. The summed E-state index contributed by atoms with van der Waals surface area (Å²) >= 11 is 2.32. The highest BCUT2D eigenvalue weighted by Crippen LogP contribution is 2.40. The van der Waals surface area contributed by atoms with Crippen LogP contribution in [-0.4, -0.2) is 26.2 Å². The van der Waals surface area contributed by atoms with Gasteiger partial charge >= 0.3 is 11.9 Å². The van der Waals surface area contributed by atoms with Gasteiger partial charge in [0.2, 0.25) is 0 Å².